The summed E-state index contributed by atoms with van der Waals surface area (Å²) in [4.78, 5) is 11.3. The fraction of sp³-hybridized carbons (Fsp3) is 0.100. The van der Waals surface area contributed by atoms with Gasteiger partial charge in [0.2, 0.25) is 0 Å². The number of fused-ring (bicyclic) bond motifs is 1. The van der Waals surface area contributed by atoms with Gasteiger partial charge >= 0.3 is 0 Å². The van der Waals surface area contributed by atoms with Crippen molar-refractivity contribution in [1.82, 2.24) is 0 Å². The number of alkyl halides is 1. The van der Waals surface area contributed by atoms with Crippen molar-refractivity contribution in [2.45, 2.75) is 6.17 Å². The largest absolute Gasteiger partial charge is 0.289 e. The average molecular weight is 162 g/mol. The van der Waals surface area contributed by atoms with Crippen LogP contribution in [0.5, 0.6) is 0 Å². The van der Waals surface area contributed by atoms with E-state index in [0.29, 0.717) is 11.1 Å². The first-order valence-corrected chi connectivity index (χ1v) is 3.68. The molecule has 0 N–H and O–H groups in total. The minimum absolute atomic E-state index is 0.0520. The van der Waals surface area contributed by atoms with Gasteiger partial charge in [0.25, 0.3) is 0 Å². The van der Waals surface area contributed by atoms with Crippen LogP contribution in [0.25, 0.3) is 0 Å². The summed E-state index contributed by atoms with van der Waals surface area (Å²) >= 11 is 0. The number of Topliss-reactive ketones (excluding diaryl/α,β-unsaturated/α-hetero) is 1. The molecule has 0 bridgehead atoms. The molecule has 0 amide bonds. The average Bonchev–Trinajstić information content (AvgIpc) is 2.33. The molecule has 2 rings (SSSR count). The Morgan fingerprint density at radius 3 is 2.67 bits per heavy atom. The molecule has 1 aliphatic carbocycles. The summed E-state index contributed by atoms with van der Waals surface area (Å²) in [5, 5.41) is 0. The molecule has 0 spiro atoms. The van der Waals surface area contributed by atoms with E-state index in [-0.39, 0.29) is 11.4 Å². The van der Waals surface area contributed by atoms with E-state index < -0.39 is 6.17 Å². The minimum Gasteiger partial charge on any atom is -0.289 e. The van der Waals surface area contributed by atoms with Gasteiger partial charge in [0, 0.05) is 16.7 Å². The van der Waals surface area contributed by atoms with Crippen LogP contribution in [0, 0.1) is 0 Å². The predicted molar refractivity (Wildman–Crippen MR) is 43.8 cm³/mol. The third kappa shape index (κ3) is 0.749. The van der Waals surface area contributed by atoms with E-state index in [1.165, 1.54) is 0 Å². The third-order valence-electron chi connectivity index (χ3n) is 2.08. The standard InChI is InChI=1S/C10H7FO/c1-6-9(11)7-4-2-3-5-8(7)10(6)12/h2-5,9H,1H2. The Hall–Kier alpha value is -1.44. The summed E-state index contributed by atoms with van der Waals surface area (Å²) in [6.07, 6.45) is -1.30. The maximum absolute atomic E-state index is 13.2. The van der Waals surface area contributed by atoms with Crippen molar-refractivity contribution in [3.63, 3.8) is 0 Å². The third-order valence-corrected chi connectivity index (χ3v) is 2.08. The molecule has 1 atom stereocenters. The lowest BCUT2D eigenvalue weighted by atomic mass is 10.1. The molecule has 0 aromatic heterocycles. The number of allylic oxidation sites excluding steroid dienone is 1. The van der Waals surface area contributed by atoms with Gasteiger partial charge in [0.15, 0.2) is 12.0 Å². The maximum Gasteiger partial charge on any atom is 0.192 e. The highest BCUT2D eigenvalue weighted by atomic mass is 19.1. The number of hydrogen-bond donors (Lipinski definition) is 0. The van der Waals surface area contributed by atoms with E-state index in [1.807, 2.05) is 0 Å². The Bertz CT molecular complexity index is 368. The minimum atomic E-state index is -1.30. The van der Waals surface area contributed by atoms with Crippen LogP contribution in [0.2, 0.25) is 0 Å². The van der Waals surface area contributed by atoms with Crippen molar-refractivity contribution in [1.29, 1.82) is 0 Å². The zero-order valence-corrected chi connectivity index (χ0v) is 6.38. The number of carbonyl (C=O) groups excluding carboxylic acids is 1. The molecule has 12 heavy (non-hydrogen) atoms. The van der Waals surface area contributed by atoms with Crippen LogP contribution in [0.4, 0.5) is 4.39 Å². The highest BCUT2D eigenvalue weighted by Gasteiger charge is 2.32. The van der Waals surface area contributed by atoms with Gasteiger partial charge in [-0.3, -0.25) is 4.79 Å². The van der Waals surface area contributed by atoms with Gasteiger partial charge in [-0.05, 0) is 0 Å². The van der Waals surface area contributed by atoms with E-state index in [2.05, 4.69) is 6.58 Å². The summed E-state index contributed by atoms with van der Waals surface area (Å²) in [5.41, 5.74) is 0.957. The van der Waals surface area contributed by atoms with Crippen LogP contribution in [-0.2, 0) is 0 Å². The summed E-state index contributed by atoms with van der Waals surface area (Å²) in [7, 11) is 0. The lowest BCUT2D eigenvalue weighted by Crippen LogP contribution is -1.93. The van der Waals surface area contributed by atoms with Gasteiger partial charge in [0.1, 0.15) is 0 Å². The van der Waals surface area contributed by atoms with Crippen LogP contribution >= 0.6 is 0 Å². The molecule has 0 heterocycles. The van der Waals surface area contributed by atoms with Crippen molar-refractivity contribution in [3.8, 4) is 0 Å². The molecule has 1 aromatic carbocycles. The molecule has 1 nitrogen and oxygen atoms in total. The number of hydrogen-bond acceptors (Lipinski definition) is 1. The number of ketones is 1. The predicted octanol–water partition coefficient (Wildman–Crippen LogP) is 2.45. The number of rotatable bonds is 0. The molecule has 0 radical (unpaired) electrons. The van der Waals surface area contributed by atoms with Gasteiger partial charge in [-0.2, -0.15) is 0 Å². The van der Waals surface area contributed by atoms with E-state index in [9.17, 15) is 9.18 Å². The topological polar surface area (TPSA) is 17.1 Å². The fourth-order valence-corrected chi connectivity index (χ4v) is 1.40. The smallest absolute Gasteiger partial charge is 0.192 e. The van der Waals surface area contributed by atoms with Gasteiger partial charge in [0.05, 0.1) is 0 Å². The molecule has 1 unspecified atom stereocenters. The highest BCUT2D eigenvalue weighted by molar-refractivity contribution is 6.13. The van der Waals surface area contributed by atoms with Crippen LogP contribution < -0.4 is 0 Å². The van der Waals surface area contributed by atoms with Gasteiger partial charge in [-0.15, -0.1) is 0 Å². The van der Waals surface area contributed by atoms with Gasteiger partial charge < -0.3 is 0 Å². The Morgan fingerprint density at radius 2 is 2.00 bits per heavy atom. The lowest BCUT2D eigenvalue weighted by Gasteiger charge is -1.97. The maximum atomic E-state index is 13.2. The molecule has 0 aliphatic heterocycles. The second-order valence-electron chi connectivity index (χ2n) is 2.80. The first-order chi connectivity index (χ1) is 5.72. The summed E-state index contributed by atoms with van der Waals surface area (Å²) in [5.74, 6) is -0.266. The Labute approximate surface area is 69.5 Å². The van der Waals surface area contributed by atoms with Crippen LogP contribution in [0.1, 0.15) is 22.1 Å². The molecule has 1 aliphatic rings. The number of halogens is 1. The molecule has 0 saturated heterocycles. The second-order valence-corrected chi connectivity index (χ2v) is 2.80. The Kier molecular flexibility index (Phi) is 1.37. The second kappa shape index (κ2) is 2.27. The van der Waals surface area contributed by atoms with Gasteiger partial charge in [-0.1, -0.05) is 30.8 Å². The quantitative estimate of drug-likeness (QED) is 0.535. The normalized spacial score (nSPS) is 21.2. The summed E-state index contributed by atoms with van der Waals surface area (Å²) in [6.45, 7) is 3.41. The fourth-order valence-electron chi connectivity index (χ4n) is 1.40. The molecule has 1 aromatic rings. The van der Waals surface area contributed by atoms with Crippen molar-refractivity contribution >= 4 is 5.78 Å². The van der Waals surface area contributed by atoms with Crippen LogP contribution in [0.15, 0.2) is 36.4 Å². The van der Waals surface area contributed by atoms with E-state index in [1.54, 1.807) is 24.3 Å². The number of carbonyl (C=O) groups is 1. The first kappa shape index (κ1) is 7.22. The van der Waals surface area contributed by atoms with Gasteiger partial charge in [-0.25, -0.2) is 4.39 Å². The SMILES string of the molecule is C=C1C(=O)c2ccccc2C1F. The molecule has 0 saturated carbocycles. The summed E-state index contributed by atoms with van der Waals surface area (Å²) < 4.78 is 13.2. The van der Waals surface area contributed by atoms with E-state index >= 15 is 0 Å². The molecular formula is C10H7FO. The molecular weight excluding hydrogens is 155 g/mol. The zero-order chi connectivity index (χ0) is 8.72. The molecule has 2 heteroatoms. The summed E-state index contributed by atoms with van der Waals surface area (Å²) in [6, 6.07) is 6.69. The number of benzene rings is 1. The zero-order valence-electron chi connectivity index (χ0n) is 6.38. The van der Waals surface area contributed by atoms with Crippen molar-refractivity contribution in [3.05, 3.63) is 47.5 Å². The Morgan fingerprint density at radius 1 is 1.33 bits per heavy atom. The van der Waals surface area contributed by atoms with Crippen molar-refractivity contribution < 1.29 is 9.18 Å². The van der Waals surface area contributed by atoms with E-state index in [0.717, 1.165) is 0 Å². The molecule has 60 valence electrons. The van der Waals surface area contributed by atoms with Crippen molar-refractivity contribution in [2.75, 3.05) is 0 Å². The van der Waals surface area contributed by atoms with Crippen LogP contribution in [0.3, 0.4) is 0 Å². The Balaban J connectivity index is 2.67. The molecule has 0 fully saturated rings. The van der Waals surface area contributed by atoms with Crippen molar-refractivity contribution in [2.24, 2.45) is 0 Å². The highest BCUT2D eigenvalue weighted by Crippen LogP contribution is 2.36. The first-order valence-electron chi connectivity index (χ1n) is 3.68. The van der Waals surface area contributed by atoms with Crippen LogP contribution in [-0.4, -0.2) is 5.78 Å². The lowest BCUT2D eigenvalue weighted by molar-refractivity contribution is 0.103. The monoisotopic (exact) mass is 162 g/mol. The van der Waals surface area contributed by atoms with E-state index in [4.69, 9.17) is 0 Å².